The molecule has 1 aromatic heterocycles. The number of likely N-dealkylation sites (N-methyl/N-ethyl adjacent to an activating group) is 1. The van der Waals surface area contributed by atoms with Gasteiger partial charge >= 0.3 is 0 Å². The first-order valence-corrected chi connectivity index (χ1v) is 7.59. The Morgan fingerprint density at radius 2 is 1.68 bits per heavy atom. The summed E-state index contributed by atoms with van der Waals surface area (Å²) in [6.45, 7) is 8.19. The first-order chi connectivity index (χ1) is 10.6. The van der Waals surface area contributed by atoms with Crippen LogP contribution in [0.1, 0.15) is 11.1 Å². The Hall–Kier alpha value is -2.21. The average molecular weight is 298 g/mol. The molecule has 22 heavy (non-hydrogen) atoms. The largest absolute Gasteiger partial charge is 0.353 e. The number of aromatic nitrogens is 3. The summed E-state index contributed by atoms with van der Waals surface area (Å²) >= 11 is 0. The van der Waals surface area contributed by atoms with Gasteiger partial charge in [0.15, 0.2) is 5.82 Å². The third-order valence-corrected chi connectivity index (χ3v) is 3.85. The van der Waals surface area contributed by atoms with E-state index in [1.165, 1.54) is 11.1 Å². The van der Waals surface area contributed by atoms with Gasteiger partial charge < -0.3 is 15.1 Å². The molecule has 3 rings (SSSR count). The molecule has 1 fully saturated rings. The van der Waals surface area contributed by atoms with Crippen molar-refractivity contribution in [3.05, 3.63) is 35.5 Å². The highest BCUT2D eigenvalue weighted by molar-refractivity contribution is 5.56. The highest BCUT2D eigenvalue weighted by atomic mass is 15.3. The molecule has 6 nitrogen and oxygen atoms in total. The van der Waals surface area contributed by atoms with Crippen LogP contribution in [0.5, 0.6) is 0 Å². The molecule has 0 bridgehead atoms. The molecule has 0 amide bonds. The third-order valence-electron chi connectivity index (χ3n) is 3.85. The number of hydrogen-bond donors (Lipinski definition) is 1. The number of anilines is 3. The zero-order valence-electron chi connectivity index (χ0n) is 13.4. The van der Waals surface area contributed by atoms with Crippen molar-refractivity contribution in [2.24, 2.45) is 0 Å². The Kier molecular flexibility index (Phi) is 4.20. The average Bonchev–Trinajstić information content (AvgIpc) is 2.47. The van der Waals surface area contributed by atoms with Crippen molar-refractivity contribution >= 4 is 17.5 Å². The van der Waals surface area contributed by atoms with Gasteiger partial charge in [-0.05, 0) is 44.2 Å². The van der Waals surface area contributed by atoms with Crippen LogP contribution in [0.2, 0.25) is 0 Å². The molecule has 2 heterocycles. The van der Waals surface area contributed by atoms with Crippen molar-refractivity contribution in [2.75, 3.05) is 43.4 Å². The van der Waals surface area contributed by atoms with Crippen molar-refractivity contribution in [2.45, 2.75) is 13.8 Å². The van der Waals surface area contributed by atoms with Gasteiger partial charge in [0.25, 0.3) is 0 Å². The molecule has 6 heteroatoms. The highest BCUT2D eigenvalue weighted by Gasteiger charge is 2.16. The van der Waals surface area contributed by atoms with E-state index in [4.69, 9.17) is 0 Å². The van der Waals surface area contributed by atoms with Gasteiger partial charge in [0.05, 0.1) is 6.20 Å². The molecule has 0 unspecified atom stereocenters. The van der Waals surface area contributed by atoms with Gasteiger partial charge in [-0.2, -0.15) is 10.1 Å². The van der Waals surface area contributed by atoms with Gasteiger partial charge in [0.2, 0.25) is 5.95 Å². The number of nitrogens with one attached hydrogen (secondary N) is 1. The number of piperazine rings is 1. The number of rotatable bonds is 3. The van der Waals surface area contributed by atoms with Crippen LogP contribution in [0.4, 0.5) is 17.5 Å². The Balaban J connectivity index is 1.76. The van der Waals surface area contributed by atoms with Crippen molar-refractivity contribution in [3.8, 4) is 0 Å². The summed E-state index contributed by atoms with van der Waals surface area (Å²) in [4.78, 5) is 9.17. The molecule has 1 aliphatic rings. The molecule has 1 saturated heterocycles. The van der Waals surface area contributed by atoms with Gasteiger partial charge in [-0.15, -0.1) is 5.10 Å². The molecule has 2 aromatic rings. The minimum atomic E-state index is 0.543. The van der Waals surface area contributed by atoms with Gasteiger partial charge in [0, 0.05) is 31.9 Å². The molecule has 0 saturated carbocycles. The van der Waals surface area contributed by atoms with Gasteiger partial charge in [-0.3, -0.25) is 0 Å². The van der Waals surface area contributed by atoms with E-state index in [-0.39, 0.29) is 0 Å². The summed E-state index contributed by atoms with van der Waals surface area (Å²) in [6, 6.07) is 6.31. The molecular formula is C16H22N6. The normalized spacial score (nSPS) is 15.9. The summed E-state index contributed by atoms with van der Waals surface area (Å²) in [5.41, 5.74) is 3.42. The standard InChI is InChI=1S/C16H22N6/c1-12-8-13(2)10-14(9-12)18-16-19-15(11-17-20-16)22-6-4-21(3)5-7-22/h8-11H,4-7H2,1-3H3,(H,18,19,20). The molecule has 1 aromatic carbocycles. The SMILES string of the molecule is Cc1cc(C)cc(Nc2nncc(N3CCN(C)CC3)n2)c1. The van der Waals surface area contributed by atoms with Crippen LogP contribution in [0.25, 0.3) is 0 Å². The molecule has 0 spiro atoms. The second kappa shape index (κ2) is 6.27. The van der Waals surface area contributed by atoms with E-state index >= 15 is 0 Å². The van der Waals surface area contributed by atoms with E-state index in [0.717, 1.165) is 37.7 Å². The smallest absolute Gasteiger partial charge is 0.249 e. The molecule has 0 radical (unpaired) electrons. The van der Waals surface area contributed by atoms with E-state index in [1.807, 2.05) is 0 Å². The fourth-order valence-corrected chi connectivity index (χ4v) is 2.71. The monoisotopic (exact) mass is 298 g/mol. The van der Waals surface area contributed by atoms with Gasteiger partial charge in [-0.1, -0.05) is 6.07 Å². The van der Waals surface area contributed by atoms with Crippen molar-refractivity contribution in [1.82, 2.24) is 20.1 Å². The number of hydrogen-bond acceptors (Lipinski definition) is 6. The van der Waals surface area contributed by atoms with E-state index in [2.05, 4.69) is 69.4 Å². The van der Waals surface area contributed by atoms with E-state index in [9.17, 15) is 0 Å². The zero-order chi connectivity index (χ0) is 15.5. The fourth-order valence-electron chi connectivity index (χ4n) is 2.71. The lowest BCUT2D eigenvalue weighted by Gasteiger charge is -2.32. The van der Waals surface area contributed by atoms with Gasteiger partial charge in [-0.25, -0.2) is 0 Å². The lowest BCUT2D eigenvalue weighted by atomic mass is 10.1. The summed E-state index contributed by atoms with van der Waals surface area (Å²) in [5.74, 6) is 1.43. The maximum atomic E-state index is 4.60. The Bertz CT molecular complexity index is 629. The number of aryl methyl sites for hydroxylation is 2. The zero-order valence-corrected chi connectivity index (χ0v) is 13.4. The molecule has 116 valence electrons. The van der Waals surface area contributed by atoms with Crippen LogP contribution in [0, 0.1) is 13.8 Å². The first kappa shape index (κ1) is 14.7. The fraction of sp³-hybridized carbons (Fsp3) is 0.438. The molecule has 1 N–H and O–H groups in total. The van der Waals surface area contributed by atoms with Crippen LogP contribution < -0.4 is 10.2 Å². The predicted molar refractivity (Wildman–Crippen MR) is 88.7 cm³/mol. The van der Waals surface area contributed by atoms with E-state index in [0.29, 0.717) is 5.95 Å². The van der Waals surface area contributed by atoms with Gasteiger partial charge in [0.1, 0.15) is 0 Å². The molecule has 1 aliphatic heterocycles. The lowest BCUT2D eigenvalue weighted by Crippen LogP contribution is -2.44. The quantitative estimate of drug-likeness (QED) is 0.935. The third kappa shape index (κ3) is 3.51. The van der Waals surface area contributed by atoms with Crippen molar-refractivity contribution < 1.29 is 0 Å². The maximum absolute atomic E-state index is 4.60. The van der Waals surface area contributed by atoms with Crippen LogP contribution in [0.3, 0.4) is 0 Å². The number of nitrogens with zero attached hydrogens (tertiary/aromatic N) is 5. The highest BCUT2D eigenvalue weighted by Crippen LogP contribution is 2.19. The van der Waals surface area contributed by atoms with Crippen LogP contribution >= 0.6 is 0 Å². The molecule has 0 aliphatic carbocycles. The Labute approximate surface area is 131 Å². The van der Waals surface area contributed by atoms with Crippen LogP contribution in [0.15, 0.2) is 24.4 Å². The minimum absolute atomic E-state index is 0.543. The second-order valence-corrected chi connectivity index (χ2v) is 5.93. The van der Waals surface area contributed by atoms with Crippen molar-refractivity contribution in [1.29, 1.82) is 0 Å². The van der Waals surface area contributed by atoms with Crippen molar-refractivity contribution in [3.63, 3.8) is 0 Å². The summed E-state index contributed by atoms with van der Waals surface area (Å²) in [7, 11) is 2.14. The molecule has 0 atom stereocenters. The first-order valence-electron chi connectivity index (χ1n) is 7.59. The van der Waals surface area contributed by atoms with E-state index in [1.54, 1.807) is 6.20 Å². The summed E-state index contributed by atoms with van der Waals surface area (Å²) in [6.07, 6.45) is 1.73. The Morgan fingerprint density at radius 3 is 2.36 bits per heavy atom. The number of benzene rings is 1. The minimum Gasteiger partial charge on any atom is -0.353 e. The van der Waals surface area contributed by atoms with Crippen LogP contribution in [-0.4, -0.2) is 53.3 Å². The van der Waals surface area contributed by atoms with Crippen LogP contribution in [-0.2, 0) is 0 Å². The van der Waals surface area contributed by atoms with E-state index < -0.39 is 0 Å². The summed E-state index contributed by atoms with van der Waals surface area (Å²) < 4.78 is 0. The predicted octanol–water partition coefficient (Wildman–Crippen LogP) is 1.98. The summed E-state index contributed by atoms with van der Waals surface area (Å²) in [5, 5.41) is 11.4. The molecular weight excluding hydrogens is 276 g/mol. The topological polar surface area (TPSA) is 57.2 Å². The maximum Gasteiger partial charge on any atom is 0.249 e. The second-order valence-electron chi connectivity index (χ2n) is 5.93. The lowest BCUT2D eigenvalue weighted by molar-refractivity contribution is 0.312. The Morgan fingerprint density at radius 1 is 1.00 bits per heavy atom.